The molecule has 240 valence electrons. The van der Waals surface area contributed by atoms with E-state index in [1.54, 1.807) is 11.1 Å². The maximum atomic E-state index is 2.53. The Morgan fingerprint density at radius 2 is 0.833 bits per heavy atom. The molecule has 0 aliphatic rings. The van der Waals surface area contributed by atoms with E-state index in [1.807, 2.05) is 22.7 Å². The lowest BCUT2D eigenvalue weighted by molar-refractivity contribution is 0.544. The number of allylic oxidation sites excluding steroid dienone is 1. The van der Waals surface area contributed by atoms with Crippen molar-refractivity contribution >= 4 is 28.7 Å². The molecule has 0 aliphatic carbocycles. The van der Waals surface area contributed by atoms with Crippen LogP contribution in [0, 0.1) is 6.92 Å². The molecular weight excluding hydrogens is 545 g/mol. The third-order valence-corrected chi connectivity index (χ3v) is 11.5. The van der Waals surface area contributed by atoms with Gasteiger partial charge in [-0.15, -0.1) is 22.7 Å². The van der Waals surface area contributed by atoms with E-state index in [-0.39, 0.29) is 0 Å². The smallest absolute Gasteiger partial charge is 0.0452 e. The predicted octanol–water partition coefficient (Wildman–Crippen LogP) is 15.3. The molecule has 0 atom stereocenters. The Balaban J connectivity index is 1.64. The molecule has 2 aromatic heterocycles. The second-order valence-electron chi connectivity index (χ2n) is 13.0. The molecule has 2 heteroatoms. The third kappa shape index (κ3) is 16.8. The van der Waals surface area contributed by atoms with Crippen LogP contribution in [-0.2, 0) is 12.8 Å². The topological polar surface area (TPSA) is 0 Å². The van der Waals surface area contributed by atoms with Crippen LogP contribution in [0.15, 0.2) is 18.2 Å². The highest BCUT2D eigenvalue weighted by Gasteiger charge is 2.13. The molecule has 0 bridgehead atoms. The van der Waals surface area contributed by atoms with E-state index in [0.29, 0.717) is 0 Å². The zero-order valence-corrected chi connectivity index (χ0v) is 30.1. The first kappa shape index (κ1) is 37.3. The Hall–Kier alpha value is -0.860. The summed E-state index contributed by atoms with van der Waals surface area (Å²) >= 11 is 4.04. The highest BCUT2D eigenvalue weighted by molar-refractivity contribution is 7.22. The van der Waals surface area contributed by atoms with E-state index in [1.165, 1.54) is 186 Å². The summed E-state index contributed by atoms with van der Waals surface area (Å²) in [5, 5.41) is 0. The number of hydrogen-bond acceptors (Lipinski definition) is 2. The van der Waals surface area contributed by atoms with Gasteiger partial charge in [0.05, 0.1) is 0 Å². The molecule has 2 rings (SSSR count). The fourth-order valence-electron chi connectivity index (χ4n) is 6.25. The fraction of sp³-hybridized carbons (Fsp3) is 0.750. The summed E-state index contributed by atoms with van der Waals surface area (Å²) in [6, 6.07) is 5.05. The molecule has 0 amide bonds. The van der Waals surface area contributed by atoms with Crippen molar-refractivity contribution in [1.29, 1.82) is 0 Å². The quantitative estimate of drug-likeness (QED) is 0.0838. The van der Waals surface area contributed by atoms with Crippen LogP contribution in [0.1, 0.15) is 196 Å². The molecule has 0 aromatic carbocycles. The van der Waals surface area contributed by atoms with Crippen molar-refractivity contribution in [3.05, 3.63) is 39.1 Å². The van der Waals surface area contributed by atoms with Crippen LogP contribution < -0.4 is 0 Å². The molecule has 0 aliphatic heterocycles. The summed E-state index contributed by atoms with van der Waals surface area (Å²) in [6.45, 7) is 9.12. The minimum absolute atomic E-state index is 1.24. The van der Waals surface area contributed by atoms with Crippen LogP contribution in [0.3, 0.4) is 0 Å². The Kier molecular flexibility index (Phi) is 22.6. The lowest BCUT2D eigenvalue weighted by Gasteiger charge is -2.03. The second-order valence-corrected chi connectivity index (χ2v) is 15.3. The van der Waals surface area contributed by atoms with Crippen LogP contribution >= 0.6 is 22.7 Å². The molecule has 0 N–H and O–H groups in total. The number of aryl methyl sites for hydroxylation is 3. The first-order chi connectivity index (χ1) is 20.7. The van der Waals surface area contributed by atoms with Gasteiger partial charge in [-0.05, 0) is 68.9 Å². The average Bonchev–Trinajstić information content (AvgIpc) is 3.57. The second kappa shape index (κ2) is 25.5. The van der Waals surface area contributed by atoms with Crippen molar-refractivity contribution in [2.75, 3.05) is 0 Å². The molecule has 0 radical (unpaired) electrons. The van der Waals surface area contributed by atoms with Crippen LogP contribution in [0.4, 0.5) is 0 Å². The molecule has 42 heavy (non-hydrogen) atoms. The molecular formula is C40H68S2. The van der Waals surface area contributed by atoms with Gasteiger partial charge in [0.1, 0.15) is 0 Å². The lowest BCUT2D eigenvalue weighted by Crippen LogP contribution is -1.87. The van der Waals surface area contributed by atoms with Gasteiger partial charge in [-0.25, -0.2) is 0 Å². The molecule has 2 aromatic rings. The SMILES string of the molecule is C/C=C/c1sc(-c2cc(CCCCCCCCCCCCCC)c(C)s2)cc1CCCCCCCCCCCCCC. The van der Waals surface area contributed by atoms with Gasteiger partial charge in [0, 0.05) is 19.5 Å². The van der Waals surface area contributed by atoms with Crippen molar-refractivity contribution in [1.82, 2.24) is 0 Å². The first-order valence-corrected chi connectivity index (χ1v) is 20.2. The minimum atomic E-state index is 1.24. The van der Waals surface area contributed by atoms with Crippen molar-refractivity contribution in [2.45, 2.75) is 195 Å². The zero-order valence-electron chi connectivity index (χ0n) is 28.5. The van der Waals surface area contributed by atoms with Gasteiger partial charge in [0.2, 0.25) is 0 Å². The van der Waals surface area contributed by atoms with Crippen molar-refractivity contribution in [2.24, 2.45) is 0 Å². The third-order valence-electron chi connectivity index (χ3n) is 9.02. The van der Waals surface area contributed by atoms with E-state index >= 15 is 0 Å². The number of unbranched alkanes of at least 4 members (excludes halogenated alkanes) is 22. The maximum Gasteiger partial charge on any atom is 0.0452 e. The van der Waals surface area contributed by atoms with E-state index in [0.717, 1.165) is 0 Å². The van der Waals surface area contributed by atoms with Crippen molar-refractivity contribution < 1.29 is 0 Å². The van der Waals surface area contributed by atoms with Crippen LogP contribution in [-0.4, -0.2) is 0 Å². The zero-order chi connectivity index (χ0) is 30.1. The molecule has 0 spiro atoms. The highest BCUT2D eigenvalue weighted by atomic mass is 32.1. The largest absolute Gasteiger partial charge is 0.139 e. The number of rotatable bonds is 28. The molecule has 0 saturated carbocycles. The lowest BCUT2D eigenvalue weighted by atomic mass is 10.0. The van der Waals surface area contributed by atoms with E-state index in [2.05, 4.69) is 52.0 Å². The van der Waals surface area contributed by atoms with Crippen LogP contribution in [0.5, 0.6) is 0 Å². The van der Waals surface area contributed by atoms with Crippen LogP contribution in [0.2, 0.25) is 0 Å². The van der Waals surface area contributed by atoms with Gasteiger partial charge < -0.3 is 0 Å². The first-order valence-electron chi connectivity index (χ1n) is 18.5. The van der Waals surface area contributed by atoms with E-state index in [9.17, 15) is 0 Å². The summed E-state index contributed by atoms with van der Waals surface area (Å²) in [5.74, 6) is 0. The van der Waals surface area contributed by atoms with Gasteiger partial charge in [0.25, 0.3) is 0 Å². The summed E-state index contributed by atoms with van der Waals surface area (Å²) in [4.78, 5) is 6.02. The Bertz CT molecular complexity index is 914. The minimum Gasteiger partial charge on any atom is -0.139 e. The monoisotopic (exact) mass is 612 g/mol. The summed E-state index contributed by atoms with van der Waals surface area (Å²) in [7, 11) is 0. The molecule has 0 saturated heterocycles. The van der Waals surface area contributed by atoms with Crippen LogP contribution in [0.25, 0.3) is 15.8 Å². The van der Waals surface area contributed by atoms with Gasteiger partial charge in [0.15, 0.2) is 0 Å². The Morgan fingerprint density at radius 1 is 0.476 bits per heavy atom. The summed E-state index contributed by atoms with van der Waals surface area (Å²) in [5.41, 5.74) is 3.18. The fourth-order valence-corrected chi connectivity index (χ4v) is 8.58. The van der Waals surface area contributed by atoms with Gasteiger partial charge in [-0.3, -0.25) is 0 Å². The maximum absolute atomic E-state index is 2.53. The molecule has 2 heterocycles. The van der Waals surface area contributed by atoms with Crippen molar-refractivity contribution in [3.8, 4) is 9.75 Å². The molecule has 0 fully saturated rings. The Morgan fingerprint density at radius 3 is 1.26 bits per heavy atom. The van der Waals surface area contributed by atoms with E-state index < -0.39 is 0 Å². The Labute approximate surface area is 271 Å². The van der Waals surface area contributed by atoms with Gasteiger partial charge in [-0.1, -0.05) is 161 Å². The highest BCUT2D eigenvalue weighted by Crippen LogP contribution is 2.39. The summed E-state index contributed by atoms with van der Waals surface area (Å²) < 4.78 is 0. The predicted molar refractivity (Wildman–Crippen MR) is 197 cm³/mol. The van der Waals surface area contributed by atoms with Gasteiger partial charge >= 0.3 is 0 Å². The number of hydrogen-bond donors (Lipinski definition) is 0. The van der Waals surface area contributed by atoms with E-state index in [4.69, 9.17) is 0 Å². The van der Waals surface area contributed by atoms with Gasteiger partial charge in [-0.2, -0.15) is 0 Å². The van der Waals surface area contributed by atoms with Crippen molar-refractivity contribution in [3.63, 3.8) is 0 Å². The normalized spacial score (nSPS) is 11.8. The summed E-state index contributed by atoms with van der Waals surface area (Å²) in [6.07, 6.45) is 41.3. The standard InChI is InChI=1S/C40H68S2/c1-5-8-10-12-14-16-18-20-22-24-26-28-31-36-33-39(41-35(36)4)40-34-37(38(42-40)30-7-3)32-29-27-25-23-21-19-17-15-13-11-9-6-2/h7,30,33-34H,5-6,8-29,31-32H2,1-4H3/b30-7+. The average molecular weight is 613 g/mol. The molecule has 0 nitrogen and oxygen atoms in total. The molecule has 0 unspecified atom stereocenters. The number of thiophene rings is 2.